The van der Waals surface area contributed by atoms with Gasteiger partial charge in [-0.3, -0.25) is 4.79 Å². The van der Waals surface area contributed by atoms with Gasteiger partial charge in [0.15, 0.2) is 0 Å². The maximum atomic E-state index is 12.4. The van der Waals surface area contributed by atoms with E-state index in [2.05, 4.69) is 9.88 Å². The first-order valence-electron chi connectivity index (χ1n) is 9.90. The lowest BCUT2D eigenvalue weighted by Crippen LogP contribution is -2.28. The molecule has 7 heteroatoms. The highest BCUT2D eigenvalue weighted by atomic mass is 35.5. The largest absolute Gasteiger partial charge is 0.355 e. The van der Waals surface area contributed by atoms with Gasteiger partial charge >= 0.3 is 0 Å². The molecule has 1 aromatic heterocycles. The number of nitrogens with zero attached hydrogens (tertiary/aromatic N) is 2. The topological polar surface area (TPSA) is 46.9 Å². The number of fused-ring (bicyclic) bond motifs is 1. The van der Waals surface area contributed by atoms with E-state index in [9.17, 15) is 4.79 Å². The normalized spacial score (nSPS) is 11.1. The molecule has 4 nitrogen and oxygen atoms in total. The molecule has 1 amide bonds. The van der Waals surface area contributed by atoms with Gasteiger partial charge in [0.05, 0.1) is 24.0 Å². The van der Waals surface area contributed by atoms with Crippen molar-refractivity contribution in [2.75, 3.05) is 6.54 Å². The zero-order valence-electron chi connectivity index (χ0n) is 16.6. The molecular formula is C24H20Cl3N3O. The minimum absolute atomic E-state index is 0.0788. The Balaban J connectivity index is 1.51. The fourth-order valence-corrected chi connectivity index (χ4v) is 4.24. The van der Waals surface area contributed by atoms with Gasteiger partial charge in [-0.25, -0.2) is 4.98 Å². The Morgan fingerprint density at radius 3 is 2.32 bits per heavy atom. The average molecular weight is 473 g/mol. The van der Waals surface area contributed by atoms with Gasteiger partial charge in [0, 0.05) is 33.6 Å². The predicted molar refractivity (Wildman–Crippen MR) is 127 cm³/mol. The first-order valence-corrected chi connectivity index (χ1v) is 11.0. The van der Waals surface area contributed by atoms with E-state index in [1.807, 2.05) is 60.7 Å². The lowest BCUT2D eigenvalue weighted by atomic mass is 10.1. The second kappa shape index (κ2) is 9.73. The van der Waals surface area contributed by atoms with Gasteiger partial charge in [-0.1, -0.05) is 71.2 Å². The van der Waals surface area contributed by atoms with Crippen LogP contribution in [0.5, 0.6) is 0 Å². The average Bonchev–Trinajstić information content (AvgIpc) is 3.10. The molecule has 0 spiro atoms. The Morgan fingerprint density at radius 2 is 1.55 bits per heavy atom. The molecule has 0 saturated heterocycles. The molecular weight excluding hydrogens is 453 g/mol. The van der Waals surface area contributed by atoms with Crippen molar-refractivity contribution in [1.82, 2.24) is 14.9 Å². The van der Waals surface area contributed by atoms with E-state index in [4.69, 9.17) is 39.8 Å². The maximum absolute atomic E-state index is 12.4. The third-order valence-electron chi connectivity index (χ3n) is 5.09. The first-order chi connectivity index (χ1) is 15.0. The highest BCUT2D eigenvalue weighted by Gasteiger charge is 2.14. The highest BCUT2D eigenvalue weighted by Crippen LogP contribution is 2.27. The van der Waals surface area contributed by atoms with E-state index in [-0.39, 0.29) is 12.3 Å². The van der Waals surface area contributed by atoms with Crippen LogP contribution in [0.2, 0.25) is 15.1 Å². The molecule has 0 aliphatic carbocycles. The van der Waals surface area contributed by atoms with Gasteiger partial charge in [0.2, 0.25) is 5.91 Å². The maximum Gasteiger partial charge on any atom is 0.224 e. The van der Waals surface area contributed by atoms with Crippen LogP contribution in [0.4, 0.5) is 0 Å². The first kappa shape index (κ1) is 21.7. The molecule has 3 aromatic carbocycles. The lowest BCUT2D eigenvalue weighted by molar-refractivity contribution is -0.120. The molecule has 158 valence electrons. The zero-order chi connectivity index (χ0) is 21.8. The molecule has 0 aliphatic rings. The quantitative estimate of drug-likeness (QED) is 0.361. The van der Waals surface area contributed by atoms with Crippen LogP contribution >= 0.6 is 34.8 Å². The number of carbonyl (C=O) groups excluding carboxylic acids is 1. The van der Waals surface area contributed by atoms with E-state index >= 15 is 0 Å². The summed E-state index contributed by atoms with van der Waals surface area (Å²) < 4.78 is 2.10. The van der Waals surface area contributed by atoms with Crippen LogP contribution in [0, 0.1) is 0 Å². The van der Waals surface area contributed by atoms with Crippen molar-refractivity contribution in [2.45, 2.75) is 19.4 Å². The van der Waals surface area contributed by atoms with E-state index in [1.54, 1.807) is 6.07 Å². The van der Waals surface area contributed by atoms with Crippen LogP contribution < -0.4 is 5.32 Å². The van der Waals surface area contributed by atoms with Crippen molar-refractivity contribution in [3.8, 4) is 0 Å². The van der Waals surface area contributed by atoms with Crippen LogP contribution in [0.1, 0.15) is 17.0 Å². The molecule has 1 N–H and O–H groups in total. The number of benzene rings is 3. The van der Waals surface area contributed by atoms with Crippen molar-refractivity contribution in [1.29, 1.82) is 0 Å². The number of aromatic nitrogens is 2. The summed E-state index contributed by atoms with van der Waals surface area (Å²) in [4.78, 5) is 17.1. The smallest absolute Gasteiger partial charge is 0.224 e. The number of imidazole rings is 1. The molecule has 31 heavy (non-hydrogen) atoms. The molecule has 0 radical (unpaired) electrons. The third kappa shape index (κ3) is 5.04. The van der Waals surface area contributed by atoms with E-state index < -0.39 is 0 Å². The summed E-state index contributed by atoms with van der Waals surface area (Å²) >= 11 is 19.0. The van der Waals surface area contributed by atoms with E-state index in [1.165, 1.54) is 0 Å². The Bertz CT molecular complexity index is 1220. The van der Waals surface area contributed by atoms with Crippen molar-refractivity contribution < 1.29 is 4.79 Å². The Hall–Kier alpha value is -2.53. The number of nitrogens with one attached hydrogen (secondary N) is 1. The SMILES string of the molecule is O=C(Cc1ccccc1Cl)NCCc1nc2ccccc2n1Cc1c(Cl)cccc1Cl. The Kier molecular flexibility index (Phi) is 6.81. The Labute approximate surface area is 195 Å². The lowest BCUT2D eigenvalue weighted by Gasteiger charge is -2.13. The second-order valence-corrected chi connectivity index (χ2v) is 8.39. The van der Waals surface area contributed by atoms with Gasteiger partial charge in [-0.05, 0) is 35.9 Å². The van der Waals surface area contributed by atoms with Crippen LogP contribution in [0.3, 0.4) is 0 Å². The van der Waals surface area contributed by atoms with Crippen molar-refractivity contribution in [3.05, 3.63) is 98.7 Å². The van der Waals surface area contributed by atoms with E-state index in [0.717, 1.165) is 28.0 Å². The third-order valence-corrected chi connectivity index (χ3v) is 6.17. The molecule has 4 rings (SSSR count). The number of para-hydroxylation sites is 2. The van der Waals surface area contributed by atoms with Gasteiger partial charge < -0.3 is 9.88 Å². The fourth-order valence-electron chi connectivity index (χ4n) is 3.53. The zero-order valence-corrected chi connectivity index (χ0v) is 18.9. The number of rotatable bonds is 7. The van der Waals surface area contributed by atoms with E-state index in [0.29, 0.717) is 34.6 Å². The van der Waals surface area contributed by atoms with Crippen LogP contribution in [-0.4, -0.2) is 22.0 Å². The molecule has 0 unspecified atom stereocenters. The minimum atomic E-state index is -0.0788. The summed E-state index contributed by atoms with van der Waals surface area (Å²) in [5.41, 5.74) is 3.54. The number of hydrogen-bond acceptors (Lipinski definition) is 2. The summed E-state index contributed by atoms with van der Waals surface area (Å²) in [6, 6.07) is 20.8. The van der Waals surface area contributed by atoms with Crippen LogP contribution in [-0.2, 0) is 24.2 Å². The summed E-state index contributed by atoms with van der Waals surface area (Å²) in [5.74, 6) is 0.778. The molecule has 0 bridgehead atoms. The molecule has 1 heterocycles. The number of amides is 1. The standard InChI is InChI=1S/C24H20Cl3N3O/c25-18-7-2-1-6-16(18)14-24(31)28-13-12-23-29-21-10-3-4-11-22(21)30(23)15-17-19(26)8-5-9-20(17)27/h1-11H,12-15H2,(H,28,31). The molecule has 0 atom stereocenters. The minimum Gasteiger partial charge on any atom is -0.355 e. The van der Waals surface area contributed by atoms with Gasteiger partial charge in [-0.2, -0.15) is 0 Å². The number of halogens is 3. The predicted octanol–water partition coefficient (Wildman–Crippen LogP) is 5.95. The van der Waals surface area contributed by atoms with Crippen molar-refractivity contribution >= 4 is 51.7 Å². The number of hydrogen-bond donors (Lipinski definition) is 1. The van der Waals surface area contributed by atoms with Gasteiger partial charge in [0.1, 0.15) is 5.82 Å². The van der Waals surface area contributed by atoms with Crippen LogP contribution in [0.25, 0.3) is 11.0 Å². The van der Waals surface area contributed by atoms with Gasteiger partial charge in [0.25, 0.3) is 0 Å². The second-order valence-electron chi connectivity index (χ2n) is 7.17. The monoisotopic (exact) mass is 471 g/mol. The molecule has 0 saturated carbocycles. The molecule has 0 fully saturated rings. The van der Waals surface area contributed by atoms with Crippen LogP contribution in [0.15, 0.2) is 66.7 Å². The number of carbonyl (C=O) groups is 1. The highest BCUT2D eigenvalue weighted by molar-refractivity contribution is 6.36. The molecule has 0 aliphatic heterocycles. The summed E-state index contributed by atoms with van der Waals surface area (Å²) in [7, 11) is 0. The molecule has 4 aromatic rings. The Morgan fingerprint density at radius 1 is 0.871 bits per heavy atom. The van der Waals surface area contributed by atoms with Crippen molar-refractivity contribution in [2.24, 2.45) is 0 Å². The van der Waals surface area contributed by atoms with Gasteiger partial charge in [-0.15, -0.1) is 0 Å². The summed E-state index contributed by atoms with van der Waals surface area (Å²) in [5, 5.41) is 4.79. The summed E-state index contributed by atoms with van der Waals surface area (Å²) in [6.45, 7) is 0.963. The summed E-state index contributed by atoms with van der Waals surface area (Å²) in [6.07, 6.45) is 0.816. The fraction of sp³-hybridized carbons (Fsp3) is 0.167. The van der Waals surface area contributed by atoms with Crippen molar-refractivity contribution in [3.63, 3.8) is 0 Å².